The van der Waals surface area contributed by atoms with Crippen LogP contribution in [0.5, 0.6) is 0 Å². The first kappa shape index (κ1) is 12.3. The fourth-order valence-corrected chi connectivity index (χ4v) is 1.68. The summed E-state index contributed by atoms with van der Waals surface area (Å²) in [4.78, 5) is 11.5. The number of piperidine rings is 1. The molecule has 4 nitrogen and oxygen atoms in total. The van der Waals surface area contributed by atoms with Crippen LogP contribution in [0.1, 0.15) is 34.1 Å². The molecule has 0 saturated carbocycles. The van der Waals surface area contributed by atoms with Crippen LogP contribution in [0, 0.1) is 5.92 Å². The first-order valence-electron chi connectivity index (χ1n) is 5.56. The number of hydrogen-bond donors (Lipinski definition) is 2. The molecule has 1 aliphatic heterocycles. The van der Waals surface area contributed by atoms with Gasteiger partial charge in [0.25, 0.3) is 0 Å². The highest BCUT2D eigenvalue weighted by Crippen LogP contribution is 2.13. The van der Waals surface area contributed by atoms with E-state index in [1.54, 1.807) is 0 Å². The summed E-state index contributed by atoms with van der Waals surface area (Å²) in [5.74, 6) is 0.575. The molecule has 0 aromatic heterocycles. The standard InChI is InChI=1S/C11H22N2O2/c1-8-5-9(7-12-6-8)15-10(14)13-11(2,3)4/h8-9,12H,5-7H2,1-4H3,(H,13,14)/t8-,9+/m1/s1. The van der Waals surface area contributed by atoms with E-state index in [9.17, 15) is 4.79 Å². The second-order valence-electron chi connectivity index (χ2n) is 5.40. The SMILES string of the molecule is C[C@H]1CNC[C@@H](OC(=O)NC(C)(C)C)C1. The molecule has 0 aromatic carbocycles. The van der Waals surface area contributed by atoms with Crippen LogP contribution < -0.4 is 10.6 Å². The predicted octanol–water partition coefficient (Wildman–Crippen LogP) is 1.51. The number of rotatable bonds is 1. The lowest BCUT2D eigenvalue weighted by atomic mass is 10.00. The minimum absolute atomic E-state index is 0.0103. The van der Waals surface area contributed by atoms with E-state index >= 15 is 0 Å². The quantitative estimate of drug-likeness (QED) is 0.695. The third kappa shape index (κ3) is 5.02. The van der Waals surface area contributed by atoms with E-state index < -0.39 is 0 Å². The van der Waals surface area contributed by atoms with E-state index in [1.807, 2.05) is 20.8 Å². The van der Waals surface area contributed by atoms with Crippen molar-refractivity contribution in [3.8, 4) is 0 Å². The first-order valence-corrected chi connectivity index (χ1v) is 5.56. The molecule has 88 valence electrons. The molecule has 0 aromatic rings. The largest absolute Gasteiger partial charge is 0.445 e. The first-order chi connectivity index (χ1) is 6.87. The van der Waals surface area contributed by atoms with Crippen molar-refractivity contribution in [2.75, 3.05) is 13.1 Å². The summed E-state index contributed by atoms with van der Waals surface area (Å²) in [6.07, 6.45) is 0.643. The molecule has 0 spiro atoms. The smallest absolute Gasteiger partial charge is 0.407 e. The zero-order valence-electron chi connectivity index (χ0n) is 10.1. The maximum atomic E-state index is 11.5. The Kier molecular flexibility index (Phi) is 3.97. The maximum Gasteiger partial charge on any atom is 0.407 e. The van der Waals surface area contributed by atoms with Crippen LogP contribution in [0.3, 0.4) is 0 Å². The Balaban J connectivity index is 2.31. The molecule has 4 heteroatoms. The minimum Gasteiger partial charge on any atom is -0.445 e. The number of hydrogen-bond acceptors (Lipinski definition) is 3. The van der Waals surface area contributed by atoms with Crippen molar-refractivity contribution in [2.45, 2.75) is 45.8 Å². The van der Waals surface area contributed by atoms with Gasteiger partial charge in [-0.15, -0.1) is 0 Å². The van der Waals surface area contributed by atoms with Crippen molar-refractivity contribution >= 4 is 6.09 Å². The monoisotopic (exact) mass is 214 g/mol. The van der Waals surface area contributed by atoms with Gasteiger partial charge in [-0.25, -0.2) is 4.79 Å². The average molecular weight is 214 g/mol. The van der Waals surface area contributed by atoms with Crippen LogP contribution in [0.15, 0.2) is 0 Å². The molecule has 0 unspecified atom stereocenters. The third-order valence-corrected chi connectivity index (χ3v) is 2.28. The van der Waals surface area contributed by atoms with Gasteiger partial charge in [0.15, 0.2) is 0 Å². The predicted molar refractivity (Wildman–Crippen MR) is 59.8 cm³/mol. The average Bonchev–Trinajstić information content (AvgIpc) is 1.99. The maximum absolute atomic E-state index is 11.5. The number of carbonyl (C=O) groups is 1. The normalized spacial score (nSPS) is 27.2. The van der Waals surface area contributed by atoms with Gasteiger partial charge >= 0.3 is 6.09 Å². The van der Waals surface area contributed by atoms with Crippen molar-refractivity contribution in [3.63, 3.8) is 0 Å². The number of amides is 1. The second-order valence-corrected chi connectivity index (χ2v) is 5.40. The van der Waals surface area contributed by atoms with Crippen LogP contribution in [-0.2, 0) is 4.74 Å². The Labute approximate surface area is 91.8 Å². The van der Waals surface area contributed by atoms with Gasteiger partial charge in [-0.3, -0.25) is 0 Å². The molecular weight excluding hydrogens is 192 g/mol. The molecule has 1 fully saturated rings. The third-order valence-electron chi connectivity index (χ3n) is 2.28. The van der Waals surface area contributed by atoms with Crippen molar-refractivity contribution in [2.24, 2.45) is 5.92 Å². The summed E-state index contributed by atoms with van der Waals surface area (Å²) >= 11 is 0. The molecule has 0 aliphatic carbocycles. The number of nitrogens with one attached hydrogen (secondary N) is 2. The van der Waals surface area contributed by atoms with Gasteiger partial charge in [-0.1, -0.05) is 6.92 Å². The molecule has 0 bridgehead atoms. The fourth-order valence-electron chi connectivity index (χ4n) is 1.68. The molecule has 1 heterocycles. The zero-order chi connectivity index (χ0) is 11.5. The molecule has 1 aliphatic rings. The molecule has 2 atom stereocenters. The number of ether oxygens (including phenoxy) is 1. The van der Waals surface area contributed by atoms with Crippen molar-refractivity contribution in [1.29, 1.82) is 0 Å². The molecule has 15 heavy (non-hydrogen) atoms. The van der Waals surface area contributed by atoms with E-state index in [1.165, 1.54) is 0 Å². The van der Waals surface area contributed by atoms with Crippen molar-refractivity contribution < 1.29 is 9.53 Å². The van der Waals surface area contributed by atoms with Crippen LogP contribution in [0.25, 0.3) is 0 Å². The van der Waals surface area contributed by atoms with E-state index in [0.717, 1.165) is 19.5 Å². The lowest BCUT2D eigenvalue weighted by Gasteiger charge is -2.29. The summed E-state index contributed by atoms with van der Waals surface area (Å²) < 4.78 is 5.33. The molecule has 1 amide bonds. The van der Waals surface area contributed by atoms with E-state index in [0.29, 0.717) is 5.92 Å². The van der Waals surface area contributed by atoms with E-state index in [-0.39, 0.29) is 17.7 Å². The second kappa shape index (κ2) is 4.84. The lowest BCUT2D eigenvalue weighted by molar-refractivity contribution is 0.0660. The Morgan fingerprint density at radius 3 is 2.60 bits per heavy atom. The van der Waals surface area contributed by atoms with Gasteiger partial charge in [-0.05, 0) is 39.7 Å². The van der Waals surface area contributed by atoms with E-state index in [4.69, 9.17) is 4.74 Å². The van der Waals surface area contributed by atoms with Gasteiger partial charge in [0.1, 0.15) is 6.10 Å². The summed E-state index contributed by atoms with van der Waals surface area (Å²) in [6, 6.07) is 0. The highest BCUT2D eigenvalue weighted by atomic mass is 16.6. The van der Waals surface area contributed by atoms with Gasteiger partial charge < -0.3 is 15.4 Å². The van der Waals surface area contributed by atoms with Gasteiger partial charge in [0, 0.05) is 12.1 Å². The van der Waals surface area contributed by atoms with Crippen LogP contribution >= 0.6 is 0 Å². The van der Waals surface area contributed by atoms with Crippen LogP contribution in [0.4, 0.5) is 4.79 Å². The summed E-state index contributed by atoms with van der Waals surface area (Å²) in [5.41, 5.74) is -0.231. The van der Waals surface area contributed by atoms with E-state index in [2.05, 4.69) is 17.6 Å². The minimum atomic E-state index is -0.316. The van der Waals surface area contributed by atoms with Crippen molar-refractivity contribution in [1.82, 2.24) is 10.6 Å². The summed E-state index contributed by atoms with van der Waals surface area (Å²) in [7, 11) is 0. The highest BCUT2D eigenvalue weighted by Gasteiger charge is 2.23. The molecule has 0 radical (unpaired) electrons. The number of alkyl carbamates (subject to hydrolysis) is 1. The summed E-state index contributed by atoms with van der Waals surface area (Å²) in [5, 5.41) is 6.04. The van der Waals surface area contributed by atoms with Crippen LogP contribution in [-0.4, -0.2) is 30.8 Å². The molecule has 1 rings (SSSR count). The fraction of sp³-hybridized carbons (Fsp3) is 0.909. The Morgan fingerprint density at radius 1 is 1.40 bits per heavy atom. The van der Waals surface area contributed by atoms with Crippen LogP contribution in [0.2, 0.25) is 0 Å². The number of carbonyl (C=O) groups excluding carboxylic acids is 1. The molecule has 2 N–H and O–H groups in total. The van der Waals surface area contributed by atoms with Gasteiger partial charge in [0.2, 0.25) is 0 Å². The van der Waals surface area contributed by atoms with Crippen molar-refractivity contribution in [3.05, 3.63) is 0 Å². The zero-order valence-corrected chi connectivity index (χ0v) is 10.1. The van der Waals surface area contributed by atoms with Gasteiger partial charge in [0.05, 0.1) is 0 Å². The Hall–Kier alpha value is -0.770. The van der Waals surface area contributed by atoms with Gasteiger partial charge in [-0.2, -0.15) is 0 Å². The molecule has 1 saturated heterocycles. The Morgan fingerprint density at radius 2 is 2.07 bits per heavy atom. The Bertz CT molecular complexity index is 223. The lowest BCUT2D eigenvalue weighted by Crippen LogP contribution is -2.46. The summed E-state index contributed by atoms with van der Waals surface area (Å²) in [6.45, 7) is 9.76. The molecular formula is C11H22N2O2. The highest BCUT2D eigenvalue weighted by molar-refractivity contribution is 5.68. The topological polar surface area (TPSA) is 50.4 Å².